The van der Waals surface area contributed by atoms with Crippen LogP contribution in [0.5, 0.6) is 0 Å². The maximum absolute atomic E-state index is 13.1. The van der Waals surface area contributed by atoms with E-state index in [9.17, 15) is 19.2 Å². The quantitative estimate of drug-likeness (QED) is 0.181. The number of hydrogen-bond donors (Lipinski definition) is 0. The lowest BCUT2D eigenvalue weighted by Gasteiger charge is -2.21. The van der Waals surface area contributed by atoms with Gasteiger partial charge in [0.05, 0.1) is 0 Å². The lowest BCUT2D eigenvalue weighted by Crippen LogP contribution is -2.21. The number of hydrogen-bond acceptors (Lipinski definition) is 4. The van der Waals surface area contributed by atoms with Crippen molar-refractivity contribution in [3.63, 3.8) is 0 Å². The molecule has 0 atom stereocenters. The summed E-state index contributed by atoms with van der Waals surface area (Å²) < 4.78 is 0. The third-order valence-electron chi connectivity index (χ3n) is 10.5. The van der Waals surface area contributed by atoms with Crippen molar-refractivity contribution < 1.29 is 19.2 Å². The van der Waals surface area contributed by atoms with Crippen LogP contribution in [0.3, 0.4) is 0 Å². The minimum absolute atomic E-state index is 0.0954. The van der Waals surface area contributed by atoms with Gasteiger partial charge in [0.15, 0.2) is 23.1 Å². The molecular formula is C52H32O4. The van der Waals surface area contributed by atoms with Gasteiger partial charge in [0.1, 0.15) is 0 Å². The van der Waals surface area contributed by atoms with E-state index < -0.39 is 0 Å². The van der Waals surface area contributed by atoms with Gasteiger partial charge in [-0.1, -0.05) is 170 Å². The molecule has 2 aliphatic rings. The van der Waals surface area contributed by atoms with Crippen LogP contribution in [0.2, 0.25) is 0 Å². The predicted octanol–water partition coefficient (Wildman–Crippen LogP) is 11.6. The molecule has 0 bridgehead atoms. The Balaban J connectivity index is 0.000000146. The molecule has 0 saturated heterocycles. The number of ketones is 4. The zero-order valence-electron chi connectivity index (χ0n) is 30.1. The molecule has 8 aromatic carbocycles. The highest BCUT2D eigenvalue weighted by molar-refractivity contribution is 6.30. The van der Waals surface area contributed by atoms with Gasteiger partial charge in [0, 0.05) is 44.5 Å². The standard InChI is InChI=1S/2C26H16O2/c2*27-25-19-13-7-8-14-20(19)26(28)24-16-22(18-11-5-2-6-12-18)21(15-23(24)25)17-9-3-1-4-10-17/h2*1-16H. The minimum atomic E-state index is -0.0954. The van der Waals surface area contributed by atoms with Crippen LogP contribution in [0.15, 0.2) is 194 Å². The van der Waals surface area contributed by atoms with Gasteiger partial charge in [-0.3, -0.25) is 19.2 Å². The minimum Gasteiger partial charge on any atom is -0.289 e. The SMILES string of the molecule is O=C1c2ccccc2C(=O)c2cc(-c3ccccc3)c(-c3ccccc3)cc21.O=C1c2ccccc2C(=O)c2cc(-c3ccccc3)c(-c3ccccc3)cc21. The van der Waals surface area contributed by atoms with Crippen molar-refractivity contribution in [2.24, 2.45) is 0 Å². The molecule has 0 spiro atoms. The van der Waals surface area contributed by atoms with Crippen molar-refractivity contribution in [1.82, 2.24) is 0 Å². The Kier molecular flexibility index (Phi) is 8.77. The summed E-state index contributed by atoms with van der Waals surface area (Å²) >= 11 is 0. The van der Waals surface area contributed by atoms with E-state index in [4.69, 9.17) is 0 Å². The summed E-state index contributed by atoms with van der Waals surface area (Å²) in [5.41, 5.74) is 11.7. The van der Waals surface area contributed by atoms with Crippen LogP contribution in [-0.2, 0) is 0 Å². The van der Waals surface area contributed by atoms with Gasteiger partial charge < -0.3 is 0 Å². The second-order valence-electron chi connectivity index (χ2n) is 13.8. The van der Waals surface area contributed by atoms with Crippen molar-refractivity contribution in [2.75, 3.05) is 0 Å². The third kappa shape index (κ3) is 6.00. The summed E-state index contributed by atoms with van der Waals surface area (Å²) in [7, 11) is 0. The van der Waals surface area contributed by atoms with E-state index in [2.05, 4.69) is 0 Å². The Morgan fingerprint density at radius 2 is 0.357 bits per heavy atom. The molecular weight excluding hydrogens is 689 g/mol. The first-order chi connectivity index (χ1) is 27.5. The van der Waals surface area contributed by atoms with Crippen molar-refractivity contribution >= 4 is 23.1 Å². The van der Waals surface area contributed by atoms with E-state index in [1.807, 2.05) is 146 Å². The Morgan fingerprint density at radius 1 is 0.179 bits per heavy atom. The zero-order valence-corrected chi connectivity index (χ0v) is 30.1. The first-order valence-electron chi connectivity index (χ1n) is 18.4. The number of rotatable bonds is 4. The second kappa shape index (κ2) is 14.3. The Hall–Kier alpha value is -7.56. The largest absolute Gasteiger partial charge is 0.289 e. The molecule has 0 N–H and O–H groups in total. The first kappa shape index (κ1) is 34.2. The average Bonchev–Trinajstić information content (AvgIpc) is 3.28. The van der Waals surface area contributed by atoms with Gasteiger partial charge in [0.2, 0.25) is 0 Å². The van der Waals surface area contributed by atoms with Gasteiger partial charge in [-0.2, -0.15) is 0 Å². The molecule has 0 heterocycles. The third-order valence-corrected chi connectivity index (χ3v) is 10.5. The zero-order chi connectivity index (χ0) is 38.2. The van der Waals surface area contributed by atoms with Gasteiger partial charge >= 0.3 is 0 Å². The van der Waals surface area contributed by atoms with E-state index in [0.29, 0.717) is 44.5 Å². The average molecular weight is 721 g/mol. The van der Waals surface area contributed by atoms with Crippen LogP contribution in [0.25, 0.3) is 44.5 Å². The predicted molar refractivity (Wildman–Crippen MR) is 221 cm³/mol. The molecule has 0 amide bonds. The number of carbonyl (C=O) groups is 4. The van der Waals surface area contributed by atoms with E-state index >= 15 is 0 Å². The molecule has 56 heavy (non-hydrogen) atoms. The monoisotopic (exact) mass is 720 g/mol. The van der Waals surface area contributed by atoms with Crippen molar-refractivity contribution in [3.05, 3.63) is 239 Å². The smallest absolute Gasteiger partial charge is 0.194 e. The fourth-order valence-electron chi connectivity index (χ4n) is 7.72. The van der Waals surface area contributed by atoms with Gasteiger partial charge in [0.25, 0.3) is 0 Å². The molecule has 0 aliphatic heterocycles. The number of carbonyl (C=O) groups excluding carboxylic acids is 4. The Labute approximate surface area is 324 Å². The maximum Gasteiger partial charge on any atom is 0.194 e. The fraction of sp³-hybridized carbons (Fsp3) is 0. The lowest BCUT2D eigenvalue weighted by molar-refractivity contribution is 0.0979. The summed E-state index contributed by atoms with van der Waals surface area (Å²) in [5.74, 6) is -0.382. The highest BCUT2D eigenvalue weighted by atomic mass is 16.1. The fourth-order valence-corrected chi connectivity index (χ4v) is 7.72. The number of benzene rings is 8. The van der Waals surface area contributed by atoms with Crippen molar-refractivity contribution in [3.8, 4) is 44.5 Å². The summed E-state index contributed by atoms with van der Waals surface area (Å²) in [4.78, 5) is 52.5. The summed E-state index contributed by atoms with van der Waals surface area (Å²) in [5, 5.41) is 0. The Bertz CT molecular complexity index is 2450. The van der Waals surface area contributed by atoms with Crippen LogP contribution in [0, 0.1) is 0 Å². The summed E-state index contributed by atoms with van der Waals surface area (Å²) in [6, 6.07) is 61.5. The first-order valence-corrected chi connectivity index (χ1v) is 18.4. The molecule has 0 aromatic heterocycles. The van der Waals surface area contributed by atoms with Crippen molar-refractivity contribution in [2.45, 2.75) is 0 Å². The lowest BCUT2D eigenvalue weighted by atomic mass is 9.80. The highest BCUT2D eigenvalue weighted by Gasteiger charge is 2.32. The van der Waals surface area contributed by atoms with E-state index in [1.165, 1.54) is 0 Å². The maximum atomic E-state index is 13.1. The van der Waals surface area contributed by atoms with Crippen LogP contribution in [0.1, 0.15) is 63.7 Å². The molecule has 8 aromatic rings. The highest BCUT2D eigenvalue weighted by Crippen LogP contribution is 2.40. The molecule has 2 aliphatic carbocycles. The molecule has 0 unspecified atom stereocenters. The van der Waals surface area contributed by atoms with Gasteiger partial charge in [-0.25, -0.2) is 0 Å². The molecule has 264 valence electrons. The topological polar surface area (TPSA) is 68.3 Å². The van der Waals surface area contributed by atoms with Crippen molar-refractivity contribution in [1.29, 1.82) is 0 Å². The molecule has 0 saturated carbocycles. The molecule has 10 rings (SSSR count). The molecule has 0 fully saturated rings. The summed E-state index contributed by atoms with van der Waals surface area (Å²) in [6.45, 7) is 0. The molecule has 4 nitrogen and oxygen atoms in total. The van der Waals surface area contributed by atoms with Gasteiger partial charge in [-0.15, -0.1) is 0 Å². The molecule has 4 heteroatoms. The van der Waals surface area contributed by atoms with E-state index in [1.54, 1.807) is 48.5 Å². The number of fused-ring (bicyclic) bond motifs is 4. The normalized spacial score (nSPS) is 12.4. The van der Waals surface area contributed by atoms with Crippen LogP contribution in [0.4, 0.5) is 0 Å². The van der Waals surface area contributed by atoms with Gasteiger partial charge in [-0.05, 0) is 68.8 Å². The van der Waals surface area contributed by atoms with E-state index in [0.717, 1.165) is 44.5 Å². The molecule has 0 radical (unpaired) electrons. The van der Waals surface area contributed by atoms with Crippen LogP contribution in [-0.4, -0.2) is 23.1 Å². The van der Waals surface area contributed by atoms with Crippen LogP contribution >= 0.6 is 0 Å². The summed E-state index contributed by atoms with van der Waals surface area (Å²) in [6.07, 6.45) is 0. The van der Waals surface area contributed by atoms with E-state index in [-0.39, 0.29) is 23.1 Å². The second-order valence-corrected chi connectivity index (χ2v) is 13.8. The Morgan fingerprint density at radius 3 is 0.554 bits per heavy atom. The van der Waals surface area contributed by atoms with Crippen LogP contribution < -0.4 is 0 Å².